The van der Waals surface area contributed by atoms with Crippen LogP contribution in [0.5, 0.6) is 0 Å². The number of nitrogens with one attached hydrogen (secondary N) is 1. The normalized spacial score (nSPS) is 10.7. The minimum Gasteiger partial charge on any atom is -0.311 e. The molecule has 0 bridgehead atoms. The summed E-state index contributed by atoms with van der Waals surface area (Å²) in [5.41, 5.74) is 3.44. The number of aromatic nitrogens is 2. The van der Waals surface area contributed by atoms with Gasteiger partial charge in [0.1, 0.15) is 0 Å². The molecule has 0 aliphatic heterocycles. The zero-order valence-corrected chi connectivity index (χ0v) is 11.0. The van der Waals surface area contributed by atoms with Crippen molar-refractivity contribution in [3.05, 3.63) is 34.3 Å². The molecule has 1 N–H and O–H groups in total. The highest BCUT2D eigenvalue weighted by Crippen LogP contribution is 2.23. The van der Waals surface area contributed by atoms with E-state index in [0.29, 0.717) is 0 Å². The number of hydrogen-bond acceptors (Lipinski definition) is 4. The lowest BCUT2D eigenvalue weighted by atomic mass is 10.2. The first-order chi connectivity index (χ1) is 8.31. The summed E-state index contributed by atoms with van der Waals surface area (Å²) in [6, 6.07) is 1.97. The predicted molar refractivity (Wildman–Crippen MR) is 72.1 cm³/mol. The molecule has 90 valence electrons. The van der Waals surface area contributed by atoms with Crippen LogP contribution >= 0.6 is 11.3 Å². The van der Waals surface area contributed by atoms with Crippen molar-refractivity contribution in [2.75, 3.05) is 6.54 Å². The van der Waals surface area contributed by atoms with Gasteiger partial charge in [-0.3, -0.25) is 0 Å². The van der Waals surface area contributed by atoms with Crippen molar-refractivity contribution in [1.82, 2.24) is 15.3 Å². The first-order valence-electron chi connectivity index (χ1n) is 5.87. The maximum Gasteiger partial charge on any atom is 0.160 e. The Morgan fingerprint density at radius 3 is 2.94 bits per heavy atom. The third-order valence-corrected chi connectivity index (χ3v) is 3.40. The summed E-state index contributed by atoms with van der Waals surface area (Å²) in [5, 5.41) is 7.58. The van der Waals surface area contributed by atoms with Gasteiger partial charge in [-0.1, -0.05) is 6.92 Å². The van der Waals surface area contributed by atoms with Gasteiger partial charge in [0.15, 0.2) is 5.82 Å². The highest BCUT2D eigenvalue weighted by molar-refractivity contribution is 7.08. The van der Waals surface area contributed by atoms with Crippen LogP contribution in [-0.4, -0.2) is 16.5 Å². The van der Waals surface area contributed by atoms with Gasteiger partial charge in [-0.05, 0) is 36.9 Å². The molecule has 2 rings (SSSR count). The van der Waals surface area contributed by atoms with Gasteiger partial charge in [0.05, 0.1) is 5.69 Å². The lowest BCUT2D eigenvalue weighted by Crippen LogP contribution is -2.15. The molecule has 3 nitrogen and oxygen atoms in total. The van der Waals surface area contributed by atoms with Gasteiger partial charge in [-0.2, -0.15) is 11.3 Å². The van der Waals surface area contributed by atoms with E-state index in [1.807, 2.05) is 12.3 Å². The third-order valence-electron chi connectivity index (χ3n) is 2.54. The minimum absolute atomic E-state index is 0.812. The Hall–Kier alpha value is -1.26. The Morgan fingerprint density at radius 1 is 1.35 bits per heavy atom. The number of rotatable bonds is 5. The van der Waals surface area contributed by atoms with Gasteiger partial charge in [-0.15, -0.1) is 0 Å². The molecule has 0 saturated heterocycles. The van der Waals surface area contributed by atoms with Crippen LogP contribution in [0.3, 0.4) is 0 Å². The lowest BCUT2D eigenvalue weighted by Gasteiger charge is -2.04. The van der Waals surface area contributed by atoms with E-state index in [0.717, 1.165) is 36.6 Å². The monoisotopic (exact) mass is 247 g/mol. The average molecular weight is 247 g/mol. The molecule has 0 aliphatic carbocycles. The molecule has 0 aliphatic rings. The molecule has 0 fully saturated rings. The van der Waals surface area contributed by atoms with Gasteiger partial charge < -0.3 is 5.32 Å². The summed E-state index contributed by atoms with van der Waals surface area (Å²) in [4.78, 5) is 8.92. The Balaban J connectivity index is 2.14. The molecule has 0 amide bonds. The van der Waals surface area contributed by atoms with E-state index in [9.17, 15) is 0 Å². The second kappa shape index (κ2) is 5.89. The zero-order valence-electron chi connectivity index (χ0n) is 10.2. The van der Waals surface area contributed by atoms with Crippen molar-refractivity contribution in [2.45, 2.75) is 26.8 Å². The second-order valence-electron chi connectivity index (χ2n) is 4.02. The fourth-order valence-corrected chi connectivity index (χ4v) is 2.43. The van der Waals surface area contributed by atoms with Crippen molar-refractivity contribution in [3.63, 3.8) is 0 Å². The molecule has 4 heteroatoms. The molecular weight excluding hydrogens is 230 g/mol. The maximum absolute atomic E-state index is 4.58. The Bertz CT molecular complexity index is 479. The van der Waals surface area contributed by atoms with Crippen molar-refractivity contribution < 1.29 is 0 Å². The van der Waals surface area contributed by atoms with Gasteiger partial charge in [0.25, 0.3) is 0 Å². The summed E-state index contributed by atoms with van der Waals surface area (Å²) in [7, 11) is 0. The summed E-state index contributed by atoms with van der Waals surface area (Å²) in [6.45, 7) is 6.09. The van der Waals surface area contributed by atoms with E-state index in [1.54, 1.807) is 11.3 Å². The zero-order chi connectivity index (χ0) is 12.1. The summed E-state index contributed by atoms with van der Waals surface area (Å²) >= 11 is 1.69. The van der Waals surface area contributed by atoms with Crippen LogP contribution in [0.25, 0.3) is 11.4 Å². The van der Waals surface area contributed by atoms with Crippen LogP contribution < -0.4 is 5.32 Å². The molecular formula is C13H17N3S. The van der Waals surface area contributed by atoms with E-state index in [4.69, 9.17) is 0 Å². The van der Waals surface area contributed by atoms with Crippen LogP contribution in [0, 0.1) is 6.92 Å². The van der Waals surface area contributed by atoms with Crippen molar-refractivity contribution in [3.8, 4) is 11.4 Å². The fourth-order valence-electron chi connectivity index (χ4n) is 1.61. The van der Waals surface area contributed by atoms with E-state index in [2.05, 4.69) is 39.9 Å². The van der Waals surface area contributed by atoms with Crippen LogP contribution in [0.2, 0.25) is 0 Å². The molecule has 0 spiro atoms. The molecule has 0 saturated carbocycles. The van der Waals surface area contributed by atoms with Gasteiger partial charge in [-0.25, -0.2) is 9.97 Å². The van der Waals surface area contributed by atoms with E-state index in [1.165, 1.54) is 5.56 Å². The molecule has 0 radical (unpaired) electrons. The van der Waals surface area contributed by atoms with E-state index < -0.39 is 0 Å². The summed E-state index contributed by atoms with van der Waals surface area (Å²) < 4.78 is 0. The smallest absolute Gasteiger partial charge is 0.160 e. The largest absolute Gasteiger partial charge is 0.311 e. The standard InChI is InChI=1S/C13H17N3S/c1-3-5-14-7-11-4-6-15-13(16-11)12-9-17-8-10(12)2/h4,6,8-9,14H,3,5,7H2,1-2H3. The van der Waals surface area contributed by atoms with Gasteiger partial charge in [0.2, 0.25) is 0 Å². The molecule has 0 aromatic carbocycles. The molecule has 17 heavy (non-hydrogen) atoms. The molecule has 2 aromatic rings. The molecule has 0 unspecified atom stereocenters. The number of nitrogens with zero attached hydrogens (tertiary/aromatic N) is 2. The second-order valence-corrected chi connectivity index (χ2v) is 4.76. The Morgan fingerprint density at radius 2 is 2.24 bits per heavy atom. The van der Waals surface area contributed by atoms with Crippen molar-refractivity contribution in [2.24, 2.45) is 0 Å². The summed E-state index contributed by atoms with van der Waals surface area (Å²) in [6.07, 6.45) is 2.98. The van der Waals surface area contributed by atoms with E-state index >= 15 is 0 Å². The number of thiophene rings is 1. The SMILES string of the molecule is CCCNCc1ccnc(-c2cscc2C)n1. The topological polar surface area (TPSA) is 37.8 Å². The molecule has 0 atom stereocenters. The van der Waals surface area contributed by atoms with Crippen LogP contribution in [0.4, 0.5) is 0 Å². The van der Waals surface area contributed by atoms with Crippen molar-refractivity contribution >= 4 is 11.3 Å². The number of aryl methyl sites for hydroxylation is 1. The van der Waals surface area contributed by atoms with E-state index in [-0.39, 0.29) is 0 Å². The highest BCUT2D eigenvalue weighted by Gasteiger charge is 2.06. The lowest BCUT2D eigenvalue weighted by molar-refractivity contribution is 0.663. The Kier molecular flexibility index (Phi) is 4.23. The number of hydrogen-bond donors (Lipinski definition) is 1. The minimum atomic E-state index is 0.812. The first-order valence-corrected chi connectivity index (χ1v) is 6.81. The van der Waals surface area contributed by atoms with Crippen LogP contribution in [-0.2, 0) is 6.54 Å². The molecule has 2 aromatic heterocycles. The quantitative estimate of drug-likeness (QED) is 0.825. The van der Waals surface area contributed by atoms with Gasteiger partial charge in [0, 0.05) is 23.7 Å². The maximum atomic E-state index is 4.58. The molecule has 2 heterocycles. The van der Waals surface area contributed by atoms with Gasteiger partial charge >= 0.3 is 0 Å². The Labute approximate surface area is 106 Å². The fraction of sp³-hybridized carbons (Fsp3) is 0.385. The summed E-state index contributed by atoms with van der Waals surface area (Å²) in [5.74, 6) is 0.833. The first kappa shape index (κ1) is 12.2. The average Bonchev–Trinajstić information content (AvgIpc) is 2.76. The van der Waals surface area contributed by atoms with Crippen LogP contribution in [0.15, 0.2) is 23.0 Å². The third kappa shape index (κ3) is 3.11. The van der Waals surface area contributed by atoms with Crippen molar-refractivity contribution in [1.29, 1.82) is 0 Å². The van der Waals surface area contributed by atoms with Crippen LogP contribution in [0.1, 0.15) is 24.6 Å². The highest BCUT2D eigenvalue weighted by atomic mass is 32.1. The predicted octanol–water partition coefficient (Wildman–Crippen LogP) is 3.01.